The highest BCUT2D eigenvalue weighted by Crippen LogP contribution is 2.32. The first-order valence-corrected chi connectivity index (χ1v) is 12.7. The summed E-state index contributed by atoms with van der Waals surface area (Å²) in [4.78, 5) is 0. The van der Waals surface area contributed by atoms with Crippen LogP contribution in [0.3, 0.4) is 0 Å². The maximum absolute atomic E-state index is 6.13. The zero-order valence-corrected chi connectivity index (χ0v) is 20.1. The molecule has 0 saturated carbocycles. The van der Waals surface area contributed by atoms with E-state index in [4.69, 9.17) is 4.74 Å². The van der Waals surface area contributed by atoms with Crippen molar-refractivity contribution in [3.05, 3.63) is 84.4 Å². The van der Waals surface area contributed by atoms with Crippen molar-refractivity contribution in [3.8, 4) is 22.3 Å². The quantitative estimate of drug-likeness (QED) is 0.232. The molecule has 0 aliphatic carbocycles. The summed E-state index contributed by atoms with van der Waals surface area (Å²) in [7, 11) is 0. The van der Waals surface area contributed by atoms with Gasteiger partial charge in [-0.15, -0.1) is 0 Å². The molecule has 170 valence electrons. The summed E-state index contributed by atoms with van der Waals surface area (Å²) in [6.45, 7) is 5.30. The molecule has 1 heteroatoms. The molecule has 3 aromatic rings. The lowest BCUT2D eigenvalue weighted by Crippen LogP contribution is -2.02. The molecule has 1 atom stereocenters. The largest absolute Gasteiger partial charge is 0.374 e. The second-order valence-electron chi connectivity index (χ2n) is 8.88. The van der Waals surface area contributed by atoms with Crippen LogP contribution in [-0.4, -0.2) is 6.61 Å². The van der Waals surface area contributed by atoms with Gasteiger partial charge < -0.3 is 4.74 Å². The lowest BCUT2D eigenvalue weighted by molar-refractivity contribution is 0.0627. The van der Waals surface area contributed by atoms with Gasteiger partial charge in [-0.3, -0.25) is 0 Å². The minimum atomic E-state index is 0.141. The van der Waals surface area contributed by atoms with Gasteiger partial charge >= 0.3 is 0 Å². The maximum Gasteiger partial charge on any atom is 0.0796 e. The molecule has 0 fully saturated rings. The monoisotopic (exact) mass is 428 g/mol. The molecule has 0 saturated heterocycles. The molecular weight excluding hydrogens is 388 g/mol. The predicted molar refractivity (Wildman–Crippen MR) is 139 cm³/mol. The van der Waals surface area contributed by atoms with Crippen LogP contribution in [0.1, 0.15) is 83.3 Å². The molecular formula is C31H40O. The smallest absolute Gasteiger partial charge is 0.0796 e. The minimum Gasteiger partial charge on any atom is -0.374 e. The van der Waals surface area contributed by atoms with Crippen LogP contribution in [0.25, 0.3) is 22.3 Å². The molecule has 0 radical (unpaired) electrons. The predicted octanol–water partition coefficient (Wildman–Crippen LogP) is 9.63. The molecule has 0 aliphatic rings. The van der Waals surface area contributed by atoms with Crippen molar-refractivity contribution in [1.29, 1.82) is 0 Å². The molecule has 1 unspecified atom stereocenters. The average molecular weight is 429 g/mol. The van der Waals surface area contributed by atoms with Crippen LogP contribution in [0.2, 0.25) is 0 Å². The van der Waals surface area contributed by atoms with Gasteiger partial charge in [0.05, 0.1) is 6.10 Å². The number of unbranched alkanes of at least 4 members (excludes halogenated alkanes) is 8. The van der Waals surface area contributed by atoms with Gasteiger partial charge in [0.25, 0.3) is 0 Å². The van der Waals surface area contributed by atoms with E-state index in [-0.39, 0.29) is 6.10 Å². The van der Waals surface area contributed by atoms with Crippen molar-refractivity contribution < 1.29 is 4.74 Å². The molecule has 0 N–H and O–H groups in total. The highest BCUT2D eigenvalue weighted by molar-refractivity contribution is 5.83. The van der Waals surface area contributed by atoms with E-state index in [1.807, 2.05) is 0 Å². The summed E-state index contributed by atoms with van der Waals surface area (Å²) in [6.07, 6.45) is 12.3. The molecule has 3 rings (SSSR count). The van der Waals surface area contributed by atoms with Crippen LogP contribution in [0.4, 0.5) is 0 Å². The Morgan fingerprint density at radius 1 is 0.562 bits per heavy atom. The van der Waals surface area contributed by atoms with Crippen molar-refractivity contribution in [2.45, 2.75) is 77.7 Å². The maximum atomic E-state index is 6.13. The fraction of sp³-hybridized carbons (Fsp3) is 0.419. The average Bonchev–Trinajstić information content (AvgIpc) is 2.85. The van der Waals surface area contributed by atoms with Crippen LogP contribution >= 0.6 is 0 Å². The van der Waals surface area contributed by atoms with Crippen LogP contribution < -0.4 is 0 Å². The summed E-state index contributed by atoms with van der Waals surface area (Å²) in [5.74, 6) is 0. The van der Waals surface area contributed by atoms with Gasteiger partial charge in [-0.1, -0.05) is 137 Å². The normalized spacial score (nSPS) is 12.1. The third-order valence-corrected chi connectivity index (χ3v) is 6.32. The van der Waals surface area contributed by atoms with E-state index in [9.17, 15) is 0 Å². The van der Waals surface area contributed by atoms with Crippen LogP contribution in [-0.2, 0) is 4.74 Å². The molecule has 1 nitrogen and oxygen atoms in total. The van der Waals surface area contributed by atoms with Crippen molar-refractivity contribution in [3.63, 3.8) is 0 Å². The fourth-order valence-corrected chi connectivity index (χ4v) is 4.31. The molecule has 32 heavy (non-hydrogen) atoms. The molecule has 0 amide bonds. The molecule has 0 heterocycles. The van der Waals surface area contributed by atoms with Gasteiger partial charge in [-0.2, -0.15) is 0 Å². The van der Waals surface area contributed by atoms with Crippen LogP contribution in [0.5, 0.6) is 0 Å². The number of hydrogen-bond donors (Lipinski definition) is 0. The van der Waals surface area contributed by atoms with E-state index in [1.54, 1.807) is 0 Å². The summed E-state index contributed by atoms with van der Waals surface area (Å²) < 4.78 is 6.13. The van der Waals surface area contributed by atoms with Crippen molar-refractivity contribution >= 4 is 0 Å². The van der Waals surface area contributed by atoms with Crippen LogP contribution in [0.15, 0.2) is 78.9 Å². The second-order valence-corrected chi connectivity index (χ2v) is 8.88. The highest BCUT2D eigenvalue weighted by Gasteiger charge is 2.09. The minimum absolute atomic E-state index is 0.141. The Balaban J connectivity index is 1.45. The van der Waals surface area contributed by atoms with E-state index >= 15 is 0 Å². The summed E-state index contributed by atoms with van der Waals surface area (Å²) in [6, 6.07) is 28.2. The van der Waals surface area contributed by atoms with E-state index in [0.29, 0.717) is 0 Å². The Bertz CT molecular complexity index is 882. The molecule has 0 bridgehead atoms. The lowest BCUT2D eigenvalue weighted by Gasteiger charge is -2.15. The van der Waals surface area contributed by atoms with Crippen LogP contribution in [0, 0.1) is 0 Å². The van der Waals surface area contributed by atoms with Gasteiger partial charge in [0.1, 0.15) is 0 Å². The first-order chi connectivity index (χ1) is 15.8. The number of ether oxygens (including phenoxy) is 1. The Morgan fingerprint density at radius 2 is 1.06 bits per heavy atom. The zero-order valence-electron chi connectivity index (χ0n) is 20.1. The van der Waals surface area contributed by atoms with Crippen molar-refractivity contribution in [1.82, 2.24) is 0 Å². The first kappa shape index (κ1) is 24.3. The standard InChI is InChI=1S/C31H40O/c1-3-4-5-6-7-8-9-10-16-25-32-26(2)27-21-23-29(24-22-27)31-20-15-14-19-30(31)28-17-12-11-13-18-28/h11-15,17-24,26H,3-10,16,25H2,1-2H3. The zero-order chi connectivity index (χ0) is 22.4. The van der Waals surface area contributed by atoms with Gasteiger partial charge in [-0.05, 0) is 41.2 Å². The van der Waals surface area contributed by atoms with E-state index < -0.39 is 0 Å². The Morgan fingerprint density at radius 3 is 1.66 bits per heavy atom. The van der Waals surface area contributed by atoms with Crippen molar-refractivity contribution in [2.75, 3.05) is 6.61 Å². The number of benzene rings is 3. The Hall–Kier alpha value is -2.38. The molecule has 0 aromatic heterocycles. The van der Waals surface area contributed by atoms with Crippen molar-refractivity contribution in [2.24, 2.45) is 0 Å². The second kappa shape index (κ2) is 13.9. The van der Waals surface area contributed by atoms with Gasteiger partial charge in [-0.25, -0.2) is 0 Å². The van der Waals surface area contributed by atoms with Gasteiger partial charge in [0, 0.05) is 6.61 Å². The Kier molecular flexibility index (Phi) is 10.5. The van der Waals surface area contributed by atoms with E-state index in [1.165, 1.54) is 85.6 Å². The summed E-state index contributed by atoms with van der Waals surface area (Å²) >= 11 is 0. The number of rotatable bonds is 14. The number of hydrogen-bond acceptors (Lipinski definition) is 1. The SMILES string of the molecule is CCCCCCCCCCCOC(C)c1ccc(-c2ccccc2-c2ccccc2)cc1. The molecule has 0 aliphatic heterocycles. The topological polar surface area (TPSA) is 9.23 Å². The summed E-state index contributed by atoms with van der Waals surface area (Å²) in [5, 5.41) is 0. The molecule has 0 spiro atoms. The van der Waals surface area contributed by atoms with Gasteiger partial charge in [0.15, 0.2) is 0 Å². The fourth-order valence-electron chi connectivity index (χ4n) is 4.31. The first-order valence-electron chi connectivity index (χ1n) is 12.7. The van der Waals surface area contributed by atoms with Gasteiger partial charge in [0.2, 0.25) is 0 Å². The van der Waals surface area contributed by atoms with E-state index in [2.05, 4.69) is 92.7 Å². The third-order valence-electron chi connectivity index (χ3n) is 6.32. The highest BCUT2D eigenvalue weighted by atomic mass is 16.5. The Labute approximate surface area is 195 Å². The van der Waals surface area contributed by atoms with E-state index in [0.717, 1.165) is 6.61 Å². The lowest BCUT2D eigenvalue weighted by atomic mass is 9.94. The summed E-state index contributed by atoms with van der Waals surface area (Å²) in [5.41, 5.74) is 6.30. The third kappa shape index (κ3) is 7.64. The molecule has 3 aromatic carbocycles.